The Morgan fingerprint density at radius 2 is 2.15 bits per heavy atom. The summed E-state index contributed by atoms with van der Waals surface area (Å²) in [4.78, 5) is 3.91. The van der Waals surface area contributed by atoms with Crippen molar-refractivity contribution in [2.24, 2.45) is 11.1 Å². The summed E-state index contributed by atoms with van der Waals surface area (Å²) in [6.07, 6.45) is 4.30. The molecule has 0 amide bonds. The van der Waals surface area contributed by atoms with Gasteiger partial charge < -0.3 is 5.21 Å². The minimum absolute atomic E-state index is 0.0375. The molecule has 1 atom stereocenters. The first kappa shape index (κ1) is 14.9. The van der Waals surface area contributed by atoms with Gasteiger partial charge in [-0.25, -0.2) is 12.7 Å². The van der Waals surface area contributed by atoms with Gasteiger partial charge in [0.2, 0.25) is 10.0 Å². The van der Waals surface area contributed by atoms with Crippen LogP contribution in [-0.2, 0) is 16.4 Å². The van der Waals surface area contributed by atoms with E-state index < -0.39 is 10.0 Å². The molecule has 7 heteroatoms. The van der Waals surface area contributed by atoms with Crippen molar-refractivity contribution in [2.45, 2.75) is 19.8 Å². The molecule has 1 unspecified atom stereocenters. The van der Waals surface area contributed by atoms with Crippen LogP contribution in [0.1, 0.15) is 18.9 Å². The molecule has 0 aliphatic carbocycles. The molecule has 1 fully saturated rings. The second-order valence-electron chi connectivity index (χ2n) is 5.02. The number of oxime groups is 1. The molecule has 0 saturated carbocycles. The third-order valence-corrected chi connectivity index (χ3v) is 5.42. The Labute approximate surface area is 119 Å². The maximum absolute atomic E-state index is 12.3. The quantitative estimate of drug-likeness (QED) is 0.667. The summed E-state index contributed by atoms with van der Waals surface area (Å²) in [6.45, 7) is 2.65. The van der Waals surface area contributed by atoms with Crippen molar-refractivity contribution in [3.05, 3.63) is 30.1 Å². The number of pyridine rings is 1. The highest BCUT2D eigenvalue weighted by atomic mass is 32.2. The molecule has 1 aliphatic heterocycles. The topological polar surface area (TPSA) is 82.9 Å². The SMILES string of the molecule is CC1CN(S(=O)(=O)CCc2ccncc2)CC/C1=N\O. The average Bonchev–Trinajstić information content (AvgIpc) is 2.46. The number of nitrogens with zero attached hydrogens (tertiary/aromatic N) is 3. The van der Waals surface area contributed by atoms with Gasteiger partial charge in [-0.3, -0.25) is 4.98 Å². The first-order valence-corrected chi connectivity index (χ1v) is 8.21. The van der Waals surface area contributed by atoms with E-state index >= 15 is 0 Å². The summed E-state index contributed by atoms with van der Waals surface area (Å²) < 4.78 is 26.1. The molecule has 2 rings (SSSR count). The monoisotopic (exact) mass is 297 g/mol. The smallest absolute Gasteiger partial charge is 0.214 e. The highest BCUT2D eigenvalue weighted by Gasteiger charge is 2.30. The molecule has 1 saturated heterocycles. The third kappa shape index (κ3) is 3.55. The molecule has 1 aliphatic rings. The fourth-order valence-electron chi connectivity index (χ4n) is 2.31. The Kier molecular flexibility index (Phi) is 4.72. The lowest BCUT2D eigenvalue weighted by molar-refractivity contribution is 0.300. The van der Waals surface area contributed by atoms with Crippen LogP contribution < -0.4 is 0 Å². The molecule has 2 heterocycles. The largest absolute Gasteiger partial charge is 0.411 e. The molecular weight excluding hydrogens is 278 g/mol. The van der Waals surface area contributed by atoms with E-state index in [9.17, 15) is 8.42 Å². The van der Waals surface area contributed by atoms with E-state index in [1.165, 1.54) is 4.31 Å². The Balaban J connectivity index is 1.97. The highest BCUT2D eigenvalue weighted by molar-refractivity contribution is 7.89. The number of piperidine rings is 1. The maximum Gasteiger partial charge on any atom is 0.214 e. The zero-order valence-corrected chi connectivity index (χ0v) is 12.3. The predicted molar refractivity (Wildman–Crippen MR) is 76.3 cm³/mol. The van der Waals surface area contributed by atoms with E-state index in [2.05, 4.69) is 10.1 Å². The lowest BCUT2D eigenvalue weighted by Crippen LogP contribution is -2.44. The molecule has 0 radical (unpaired) electrons. The van der Waals surface area contributed by atoms with Crippen molar-refractivity contribution in [3.8, 4) is 0 Å². The van der Waals surface area contributed by atoms with E-state index in [-0.39, 0.29) is 11.7 Å². The Morgan fingerprint density at radius 3 is 2.75 bits per heavy atom. The van der Waals surface area contributed by atoms with E-state index in [0.29, 0.717) is 31.6 Å². The summed E-state index contributed by atoms with van der Waals surface area (Å²) in [5, 5.41) is 12.0. The number of hydrogen-bond acceptors (Lipinski definition) is 5. The third-order valence-electron chi connectivity index (χ3n) is 3.58. The number of aromatic nitrogens is 1. The number of sulfonamides is 1. The summed E-state index contributed by atoms with van der Waals surface area (Å²) in [5.41, 5.74) is 1.64. The van der Waals surface area contributed by atoms with Crippen LogP contribution in [0.2, 0.25) is 0 Å². The van der Waals surface area contributed by atoms with E-state index in [1.807, 2.05) is 19.1 Å². The van der Waals surface area contributed by atoms with Gasteiger partial charge in [0, 0.05) is 37.8 Å². The molecule has 0 aromatic carbocycles. The standard InChI is InChI=1S/C13H19N3O3S/c1-11-10-16(8-4-13(11)15-17)20(18,19)9-5-12-2-6-14-7-3-12/h2-3,6-7,11,17H,4-5,8-10H2,1H3/b15-13+. The van der Waals surface area contributed by atoms with E-state index in [1.54, 1.807) is 12.4 Å². The summed E-state index contributed by atoms with van der Waals surface area (Å²) in [5.74, 6) is 0.0550. The minimum atomic E-state index is -3.27. The number of rotatable bonds is 4. The van der Waals surface area contributed by atoms with E-state index in [0.717, 1.165) is 5.56 Å². The van der Waals surface area contributed by atoms with Gasteiger partial charge in [-0.05, 0) is 24.1 Å². The molecule has 6 nitrogen and oxygen atoms in total. The summed E-state index contributed by atoms with van der Waals surface area (Å²) in [7, 11) is -3.27. The van der Waals surface area contributed by atoms with Gasteiger partial charge in [0.05, 0.1) is 11.5 Å². The average molecular weight is 297 g/mol. The summed E-state index contributed by atoms with van der Waals surface area (Å²) in [6, 6.07) is 3.65. The van der Waals surface area contributed by atoms with Crippen LogP contribution in [0.15, 0.2) is 29.7 Å². The number of hydrogen-bond donors (Lipinski definition) is 1. The molecule has 1 aromatic rings. The van der Waals surface area contributed by atoms with Crippen molar-refractivity contribution in [1.82, 2.24) is 9.29 Å². The van der Waals surface area contributed by atoms with Crippen LogP contribution in [-0.4, -0.2) is 47.5 Å². The van der Waals surface area contributed by atoms with Crippen molar-refractivity contribution in [3.63, 3.8) is 0 Å². The second-order valence-corrected chi connectivity index (χ2v) is 7.11. The van der Waals surface area contributed by atoms with Gasteiger partial charge in [0.15, 0.2) is 0 Å². The molecule has 1 N–H and O–H groups in total. The second kappa shape index (κ2) is 6.32. The Hall–Kier alpha value is -1.47. The van der Waals surface area contributed by atoms with Crippen LogP contribution in [0.3, 0.4) is 0 Å². The van der Waals surface area contributed by atoms with Gasteiger partial charge in [0.25, 0.3) is 0 Å². The zero-order chi connectivity index (χ0) is 14.6. The maximum atomic E-state index is 12.3. The van der Waals surface area contributed by atoms with Gasteiger partial charge in [-0.2, -0.15) is 0 Å². The van der Waals surface area contributed by atoms with Crippen molar-refractivity contribution >= 4 is 15.7 Å². The normalized spacial score (nSPS) is 23.1. The molecule has 110 valence electrons. The molecule has 20 heavy (non-hydrogen) atoms. The molecule has 1 aromatic heterocycles. The van der Waals surface area contributed by atoms with Crippen LogP contribution >= 0.6 is 0 Å². The van der Waals surface area contributed by atoms with Crippen molar-refractivity contribution < 1.29 is 13.6 Å². The molecule has 0 bridgehead atoms. The fraction of sp³-hybridized carbons (Fsp3) is 0.538. The van der Waals surface area contributed by atoms with Crippen molar-refractivity contribution in [1.29, 1.82) is 0 Å². The molecule has 0 spiro atoms. The predicted octanol–water partition coefficient (Wildman–Crippen LogP) is 1.13. The zero-order valence-electron chi connectivity index (χ0n) is 11.4. The van der Waals surface area contributed by atoms with Gasteiger partial charge >= 0.3 is 0 Å². The fourth-order valence-corrected chi connectivity index (χ4v) is 3.89. The van der Waals surface area contributed by atoms with E-state index in [4.69, 9.17) is 5.21 Å². The molecular formula is C13H19N3O3S. The Bertz CT molecular complexity index is 572. The number of aryl methyl sites for hydroxylation is 1. The Morgan fingerprint density at radius 1 is 1.45 bits per heavy atom. The van der Waals surface area contributed by atoms with Crippen LogP contribution in [0.5, 0.6) is 0 Å². The first-order chi connectivity index (χ1) is 9.53. The van der Waals surface area contributed by atoms with Crippen LogP contribution in [0.25, 0.3) is 0 Å². The lowest BCUT2D eigenvalue weighted by Gasteiger charge is -2.30. The first-order valence-electron chi connectivity index (χ1n) is 6.60. The van der Waals surface area contributed by atoms with Gasteiger partial charge in [-0.15, -0.1) is 0 Å². The highest BCUT2D eigenvalue weighted by Crippen LogP contribution is 2.18. The van der Waals surface area contributed by atoms with Crippen molar-refractivity contribution in [2.75, 3.05) is 18.8 Å². The summed E-state index contributed by atoms with van der Waals surface area (Å²) >= 11 is 0. The van der Waals surface area contributed by atoms with Gasteiger partial charge in [-0.1, -0.05) is 12.1 Å². The van der Waals surface area contributed by atoms with Crippen LogP contribution in [0.4, 0.5) is 0 Å². The van der Waals surface area contributed by atoms with Gasteiger partial charge in [0.1, 0.15) is 0 Å². The van der Waals surface area contributed by atoms with Crippen LogP contribution in [0, 0.1) is 5.92 Å². The minimum Gasteiger partial charge on any atom is -0.411 e. The lowest BCUT2D eigenvalue weighted by atomic mass is 10.00.